The smallest absolute Gasteiger partial charge is 0.252 e. The molecular weight excluding hydrogens is 308 g/mol. The summed E-state index contributed by atoms with van der Waals surface area (Å²) in [6, 6.07) is 8.69. The summed E-state index contributed by atoms with van der Waals surface area (Å²) in [6.07, 6.45) is 4.29. The van der Waals surface area contributed by atoms with Crippen LogP contribution < -0.4 is 5.56 Å². The number of morpholine rings is 1. The Balaban J connectivity index is 1.87. The van der Waals surface area contributed by atoms with Gasteiger partial charge in [-0.15, -0.1) is 11.8 Å². The minimum absolute atomic E-state index is 0.0255. The highest BCUT2D eigenvalue weighted by molar-refractivity contribution is 7.98. The van der Waals surface area contributed by atoms with Gasteiger partial charge in [0.1, 0.15) is 0 Å². The Bertz CT molecular complexity index is 727. The van der Waals surface area contributed by atoms with E-state index in [4.69, 9.17) is 4.74 Å². The molecular formula is C18H24N2O2S. The van der Waals surface area contributed by atoms with Gasteiger partial charge in [0.05, 0.1) is 13.2 Å². The van der Waals surface area contributed by atoms with E-state index >= 15 is 0 Å². The van der Waals surface area contributed by atoms with E-state index in [0.29, 0.717) is 12.6 Å². The summed E-state index contributed by atoms with van der Waals surface area (Å²) in [4.78, 5) is 19.0. The normalized spacial score (nSPS) is 19.3. The fourth-order valence-electron chi connectivity index (χ4n) is 3.19. The Morgan fingerprint density at radius 1 is 1.39 bits per heavy atom. The molecule has 0 saturated carbocycles. The van der Waals surface area contributed by atoms with E-state index in [-0.39, 0.29) is 5.56 Å². The topological polar surface area (TPSA) is 45.3 Å². The van der Waals surface area contributed by atoms with E-state index in [1.54, 1.807) is 11.8 Å². The monoisotopic (exact) mass is 332 g/mol. The first kappa shape index (κ1) is 16.6. The summed E-state index contributed by atoms with van der Waals surface area (Å²) < 4.78 is 5.60. The third-order valence-corrected chi connectivity index (χ3v) is 5.20. The molecule has 0 radical (unpaired) electrons. The Labute approximate surface area is 141 Å². The van der Waals surface area contributed by atoms with Crippen molar-refractivity contribution in [3.05, 3.63) is 40.2 Å². The minimum atomic E-state index is 0.0255. The van der Waals surface area contributed by atoms with Gasteiger partial charge in [0.25, 0.3) is 5.56 Å². The van der Waals surface area contributed by atoms with Gasteiger partial charge in [-0.2, -0.15) is 0 Å². The highest BCUT2D eigenvalue weighted by atomic mass is 32.2. The molecule has 1 saturated heterocycles. The third kappa shape index (κ3) is 3.79. The summed E-state index contributed by atoms with van der Waals surface area (Å²) >= 11 is 1.68. The average Bonchev–Trinajstić information content (AvgIpc) is 2.57. The number of hydrogen-bond donors (Lipinski definition) is 1. The number of ether oxygens (including phenoxy) is 1. The maximum atomic E-state index is 12.5. The summed E-state index contributed by atoms with van der Waals surface area (Å²) in [5.74, 6) is 0. The summed E-state index contributed by atoms with van der Waals surface area (Å²) in [6.45, 7) is 5.31. The zero-order chi connectivity index (χ0) is 16.2. The number of thioether (sulfide) groups is 1. The van der Waals surface area contributed by atoms with Gasteiger partial charge in [-0.1, -0.05) is 19.4 Å². The molecule has 1 aliphatic heterocycles. The number of pyridine rings is 1. The Kier molecular flexibility index (Phi) is 5.41. The van der Waals surface area contributed by atoms with E-state index in [0.717, 1.165) is 54.0 Å². The average molecular weight is 332 g/mol. The number of aromatic amines is 1. The largest absolute Gasteiger partial charge is 0.378 e. The van der Waals surface area contributed by atoms with E-state index in [1.165, 1.54) is 0 Å². The lowest BCUT2D eigenvalue weighted by Crippen LogP contribution is -2.45. The SMILES string of the molecule is CCC[C@@H]1COCCN1Cc1cc2ccc(SC)cc2[nH]c1=O. The predicted molar refractivity (Wildman–Crippen MR) is 96.3 cm³/mol. The number of nitrogens with zero attached hydrogens (tertiary/aromatic N) is 1. The van der Waals surface area contributed by atoms with Crippen LogP contribution in [-0.4, -0.2) is 41.9 Å². The molecule has 5 heteroatoms. The number of rotatable bonds is 5. The van der Waals surface area contributed by atoms with Gasteiger partial charge < -0.3 is 9.72 Å². The molecule has 124 valence electrons. The van der Waals surface area contributed by atoms with Gasteiger partial charge >= 0.3 is 0 Å². The highest BCUT2D eigenvalue weighted by Crippen LogP contribution is 2.21. The maximum Gasteiger partial charge on any atom is 0.252 e. The number of benzene rings is 1. The second-order valence-corrected chi connectivity index (χ2v) is 6.94. The molecule has 0 amide bonds. The standard InChI is InChI=1S/C18H24N2O2S/c1-3-4-15-12-22-8-7-20(15)11-14-9-13-5-6-16(23-2)10-17(13)19-18(14)21/h5-6,9-10,15H,3-4,7-8,11-12H2,1-2H3,(H,19,21)/t15-/m1/s1. The molecule has 0 unspecified atom stereocenters. The lowest BCUT2D eigenvalue weighted by Gasteiger charge is -2.35. The van der Waals surface area contributed by atoms with Gasteiger partial charge in [0.15, 0.2) is 0 Å². The van der Waals surface area contributed by atoms with E-state index < -0.39 is 0 Å². The Morgan fingerprint density at radius 3 is 3.04 bits per heavy atom. The van der Waals surface area contributed by atoms with Crippen molar-refractivity contribution in [1.29, 1.82) is 0 Å². The van der Waals surface area contributed by atoms with Gasteiger partial charge in [-0.25, -0.2) is 0 Å². The number of aromatic nitrogens is 1. The maximum absolute atomic E-state index is 12.5. The second-order valence-electron chi connectivity index (χ2n) is 6.06. The van der Waals surface area contributed by atoms with Crippen LogP contribution in [0.1, 0.15) is 25.3 Å². The van der Waals surface area contributed by atoms with Crippen molar-refractivity contribution >= 4 is 22.7 Å². The van der Waals surface area contributed by atoms with Crippen molar-refractivity contribution in [3.63, 3.8) is 0 Å². The summed E-state index contributed by atoms with van der Waals surface area (Å²) in [5.41, 5.74) is 1.78. The third-order valence-electron chi connectivity index (χ3n) is 4.47. The molecule has 0 spiro atoms. The van der Waals surface area contributed by atoms with Gasteiger partial charge in [-0.05, 0) is 36.3 Å². The first-order valence-corrected chi connectivity index (χ1v) is 9.45. The zero-order valence-corrected chi connectivity index (χ0v) is 14.6. The van der Waals surface area contributed by atoms with Crippen LogP contribution in [-0.2, 0) is 11.3 Å². The fraction of sp³-hybridized carbons (Fsp3) is 0.500. The Morgan fingerprint density at radius 2 is 2.26 bits per heavy atom. The molecule has 1 aromatic heterocycles. The van der Waals surface area contributed by atoms with Crippen LogP contribution in [0.4, 0.5) is 0 Å². The van der Waals surface area contributed by atoms with Crippen molar-refractivity contribution < 1.29 is 4.74 Å². The van der Waals surface area contributed by atoms with Crippen molar-refractivity contribution in [3.8, 4) is 0 Å². The van der Waals surface area contributed by atoms with Gasteiger partial charge in [0.2, 0.25) is 0 Å². The molecule has 1 aliphatic rings. The zero-order valence-electron chi connectivity index (χ0n) is 13.8. The van der Waals surface area contributed by atoms with Gasteiger partial charge in [0, 0.05) is 35.1 Å². The molecule has 2 aromatic rings. The van der Waals surface area contributed by atoms with Crippen molar-refractivity contribution in [2.45, 2.75) is 37.2 Å². The van der Waals surface area contributed by atoms with Crippen molar-refractivity contribution in [1.82, 2.24) is 9.88 Å². The molecule has 1 N–H and O–H groups in total. The van der Waals surface area contributed by atoms with Crippen LogP contribution >= 0.6 is 11.8 Å². The quantitative estimate of drug-likeness (QED) is 0.854. The lowest BCUT2D eigenvalue weighted by molar-refractivity contribution is -0.0148. The first-order chi connectivity index (χ1) is 11.2. The fourth-order valence-corrected chi connectivity index (χ4v) is 3.62. The molecule has 0 aliphatic carbocycles. The van der Waals surface area contributed by atoms with Gasteiger partial charge in [-0.3, -0.25) is 9.69 Å². The second kappa shape index (κ2) is 7.51. The first-order valence-electron chi connectivity index (χ1n) is 8.23. The number of nitrogens with one attached hydrogen (secondary N) is 1. The predicted octanol–water partition coefficient (Wildman–Crippen LogP) is 3.25. The number of hydrogen-bond acceptors (Lipinski definition) is 4. The van der Waals surface area contributed by atoms with Crippen LogP contribution in [0.5, 0.6) is 0 Å². The number of fused-ring (bicyclic) bond motifs is 1. The minimum Gasteiger partial charge on any atom is -0.378 e. The summed E-state index contributed by atoms with van der Waals surface area (Å²) in [5, 5.41) is 1.10. The van der Waals surface area contributed by atoms with E-state index in [2.05, 4.69) is 28.9 Å². The van der Waals surface area contributed by atoms with Crippen LogP contribution in [0.15, 0.2) is 34.0 Å². The molecule has 1 aromatic carbocycles. The lowest BCUT2D eigenvalue weighted by atomic mass is 10.1. The van der Waals surface area contributed by atoms with Crippen LogP contribution in [0.25, 0.3) is 10.9 Å². The van der Waals surface area contributed by atoms with Crippen LogP contribution in [0.3, 0.4) is 0 Å². The molecule has 23 heavy (non-hydrogen) atoms. The van der Waals surface area contributed by atoms with Crippen LogP contribution in [0.2, 0.25) is 0 Å². The van der Waals surface area contributed by atoms with Crippen LogP contribution in [0, 0.1) is 0 Å². The molecule has 1 fully saturated rings. The Hall–Kier alpha value is -1.30. The molecule has 2 heterocycles. The van der Waals surface area contributed by atoms with Crippen molar-refractivity contribution in [2.75, 3.05) is 26.0 Å². The molecule has 3 rings (SSSR count). The summed E-state index contributed by atoms with van der Waals surface area (Å²) in [7, 11) is 0. The van der Waals surface area contributed by atoms with Crippen molar-refractivity contribution in [2.24, 2.45) is 0 Å². The molecule has 4 nitrogen and oxygen atoms in total. The molecule has 1 atom stereocenters. The van der Waals surface area contributed by atoms with E-state index in [1.807, 2.05) is 18.4 Å². The van der Waals surface area contributed by atoms with E-state index in [9.17, 15) is 4.79 Å². The number of H-pyrrole nitrogens is 1. The highest BCUT2D eigenvalue weighted by Gasteiger charge is 2.23. The molecule has 0 bridgehead atoms.